The largest absolute Gasteiger partial charge is 0.433 e. The van der Waals surface area contributed by atoms with Gasteiger partial charge in [0.05, 0.1) is 0 Å². The molecule has 1 aromatic heterocycles. The number of alkyl halides is 6. The fraction of sp³-hybridized carbons (Fsp3) is 0.375. The molecular formula is C8H5ClF5N. The third-order valence-corrected chi connectivity index (χ3v) is 1.98. The summed E-state index contributed by atoms with van der Waals surface area (Å²) in [7, 11) is 0. The van der Waals surface area contributed by atoms with Gasteiger partial charge < -0.3 is 0 Å². The first-order valence-electron chi connectivity index (χ1n) is 3.76. The fourth-order valence-electron chi connectivity index (χ4n) is 0.975. The van der Waals surface area contributed by atoms with Gasteiger partial charge in [-0.3, -0.25) is 4.98 Å². The maximum atomic E-state index is 12.3. The molecule has 0 atom stereocenters. The number of hydrogen-bond acceptors (Lipinski definition) is 1. The summed E-state index contributed by atoms with van der Waals surface area (Å²) < 4.78 is 61.0. The van der Waals surface area contributed by atoms with Crippen LogP contribution in [0.15, 0.2) is 12.3 Å². The molecule has 0 bridgehead atoms. The van der Waals surface area contributed by atoms with Crippen LogP contribution in [0.3, 0.4) is 0 Å². The average Bonchev–Trinajstić information content (AvgIpc) is 2.15. The van der Waals surface area contributed by atoms with Crippen LogP contribution in [-0.2, 0) is 12.1 Å². The van der Waals surface area contributed by atoms with E-state index in [-0.39, 0.29) is 5.56 Å². The van der Waals surface area contributed by atoms with E-state index >= 15 is 0 Å². The zero-order valence-corrected chi connectivity index (χ0v) is 7.91. The molecule has 0 unspecified atom stereocenters. The van der Waals surface area contributed by atoms with Gasteiger partial charge >= 0.3 is 6.18 Å². The molecule has 0 aliphatic heterocycles. The topological polar surface area (TPSA) is 12.9 Å². The minimum atomic E-state index is -4.65. The first kappa shape index (κ1) is 12.2. The smallest absolute Gasteiger partial charge is 0.251 e. The van der Waals surface area contributed by atoms with Crippen LogP contribution >= 0.6 is 11.6 Å². The van der Waals surface area contributed by atoms with Gasteiger partial charge in [0.2, 0.25) is 0 Å². The monoisotopic (exact) mass is 245 g/mol. The summed E-state index contributed by atoms with van der Waals surface area (Å²) in [6.45, 7) is 0. The van der Waals surface area contributed by atoms with Gasteiger partial charge in [-0.25, -0.2) is 8.78 Å². The molecule has 0 amide bonds. The van der Waals surface area contributed by atoms with Gasteiger partial charge in [-0.1, -0.05) is 0 Å². The molecule has 1 heterocycles. The number of rotatable bonds is 2. The maximum Gasteiger partial charge on any atom is 0.433 e. The van der Waals surface area contributed by atoms with Gasteiger partial charge in [-0.05, 0) is 11.6 Å². The second kappa shape index (κ2) is 4.30. The van der Waals surface area contributed by atoms with Crippen LogP contribution in [-0.4, -0.2) is 4.98 Å². The summed E-state index contributed by atoms with van der Waals surface area (Å²) in [5.41, 5.74) is -2.05. The summed E-state index contributed by atoms with van der Waals surface area (Å²) in [6, 6.07) is 0.536. The normalized spacial score (nSPS) is 12.2. The molecule has 0 spiro atoms. The van der Waals surface area contributed by atoms with Crippen molar-refractivity contribution in [3.63, 3.8) is 0 Å². The molecule has 15 heavy (non-hydrogen) atoms. The Hall–Kier alpha value is -0.910. The summed E-state index contributed by atoms with van der Waals surface area (Å²) in [5.74, 6) is -0.411. The van der Waals surface area contributed by atoms with Crippen molar-refractivity contribution in [2.24, 2.45) is 0 Å². The average molecular weight is 246 g/mol. The van der Waals surface area contributed by atoms with E-state index in [2.05, 4.69) is 4.98 Å². The maximum absolute atomic E-state index is 12.3. The highest BCUT2D eigenvalue weighted by atomic mass is 35.5. The molecule has 0 fully saturated rings. The zero-order chi connectivity index (χ0) is 11.6. The quantitative estimate of drug-likeness (QED) is 0.571. The Bertz CT molecular complexity index is 349. The van der Waals surface area contributed by atoms with Gasteiger partial charge in [0.25, 0.3) is 6.43 Å². The van der Waals surface area contributed by atoms with Crippen LogP contribution in [0.4, 0.5) is 22.0 Å². The van der Waals surface area contributed by atoms with Crippen molar-refractivity contribution in [2.75, 3.05) is 0 Å². The number of pyridine rings is 1. The van der Waals surface area contributed by atoms with E-state index in [4.69, 9.17) is 11.6 Å². The first-order chi connectivity index (χ1) is 6.86. The van der Waals surface area contributed by atoms with Gasteiger partial charge in [0.1, 0.15) is 5.69 Å². The van der Waals surface area contributed by atoms with Crippen molar-refractivity contribution >= 4 is 11.6 Å². The minimum Gasteiger partial charge on any atom is -0.251 e. The van der Waals surface area contributed by atoms with Gasteiger partial charge in [-0.2, -0.15) is 13.2 Å². The lowest BCUT2D eigenvalue weighted by atomic mass is 10.1. The standard InChI is InChI=1S/C8H5ClF5N/c9-2-4-1-6(8(12,13)14)15-3-5(4)7(10)11/h1,3,7H,2H2. The second-order valence-corrected chi connectivity index (χ2v) is 2.97. The number of aromatic nitrogens is 1. The van der Waals surface area contributed by atoms with Crippen molar-refractivity contribution in [3.8, 4) is 0 Å². The van der Waals surface area contributed by atoms with E-state index in [9.17, 15) is 22.0 Å². The number of halogens is 6. The van der Waals surface area contributed by atoms with Gasteiger partial charge in [0.15, 0.2) is 0 Å². The lowest BCUT2D eigenvalue weighted by Crippen LogP contribution is -2.09. The van der Waals surface area contributed by atoms with Crippen LogP contribution in [0.25, 0.3) is 0 Å². The first-order valence-corrected chi connectivity index (χ1v) is 4.30. The molecule has 7 heteroatoms. The predicted octanol–water partition coefficient (Wildman–Crippen LogP) is 3.78. The van der Waals surface area contributed by atoms with Crippen molar-refractivity contribution < 1.29 is 22.0 Å². The highest BCUT2D eigenvalue weighted by Crippen LogP contribution is 2.31. The Morgan fingerprint density at radius 2 is 1.93 bits per heavy atom. The molecule has 0 radical (unpaired) electrons. The molecule has 0 N–H and O–H groups in total. The van der Waals surface area contributed by atoms with E-state index in [1.54, 1.807) is 0 Å². The van der Waals surface area contributed by atoms with Crippen LogP contribution < -0.4 is 0 Å². The van der Waals surface area contributed by atoms with E-state index in [0.717, 1.165) is 0 Å². The zero-order valence-electron chi connectivity index (χ0n) is 7.15. The van der Waals surface area contributed by atoms with E-state index in [1.165, 1.54) is 0 Å². The van der Waals surface area contributed by atoms with Gasteiger partial charge in [0, 0.05) is 17.6 Å². The van der Waals surface area contributed by atoms with Gasteiger partial charge in [-0.15, -0.1) is 11.6 Å². The molecule has 84 valence electrons. The lowest BCUT2D eigenvalue weighted by molar-refractivity contribution is -0.141. The van der Waals surface area contributed by atoms with Crippen molar-refractivity contribution in [3.05, 3.63) is 29.1 Å². The molecule has 0 aliphatic rings. The van der Waals surface area contributed by atoms with Crippen LogP contribution in [0.1, 0.15) is 23.2 Å². The molecule has 1 rings (SSSR count). The number of nitrogens with zero attached hydrogens (tertiary/aromatic N) is 1. The Kier molecular flexibility index (Phi) is 3.49. The van der Waals surface area contributed by atoms with Crippen LogP contribution in [0.5, 0.6) is 0 Å². The molecular weight excluding hydrogens is 241 g/mol. The summed E-state index contributed by atoms with van der Waals surface area (Å²) >= 11 is 5.27. The van der Waals surface area contributed by atoms with Crippen LogP contribution in [0, 0.1) is 0 Å². The molecule has 0 saturated heterocycles. The third kappa shape index (κ3) is 2.77. The molecule has 0 saturated carbocycles. The van der Waals surface area contributed by atoms with E-state index in [0.29, 0.717) is 12.3 Å². The third-order valence-electron chi connectivity index (χ3n) is 1.69. The van der Waals surface area contributed by atoms with E-state index < -0.39 is 29.7 Å². The highest BCUT2D eigenvalue weighted by Gasteiger charge is 2.33. The predicted molar refractivity (Wildman–Crippen MR) is 43.8 cm³/mol. The van der Waals surface area contributed by atoms with Crippen LogP contribution in [0.2, 0.25) is 0 Å². The lowest BCUT2D eigenvalue weighted by Gasteiger charge is -2.10. The fourth-order valence-corrected chi connectivity index (χ4v) is 1.21. The Balaban J connectivity index is 3.19. The minimum absolute atomic E-state index is 0.256. The number of hydrogen-bond donors (Lipinski definition) is 0. The Labute approximate surface area is 86.9 Å². The highest BCUT2D eigenvalue weighted by molar-refractivity contribution is 6.17. The Morgan fingerprint density at radius 1 is 1.33 bits per heavy atom. The summed E-state index contributed by atoms with van der Waals surface area (Å²) in [6.07, 6.45) is -7.03. The SMILES string of the molecule is FC(F)c1cnc(C(F)(F)F)cc1CCl. The molecule has 0 aromatic carbocycles. The molecule has 1 nitrogen and oxygen atoms in total. The molecule has 1 aromatic rings. The van der Waals surface area contributed by atoms with Crippen molar-refractivity contribution in [2.45, 2.75) is 18.5 Å². The Morgan fingerprint density at radius 3 is 2.33 bits per heavy atom. The second-order valence-electron chi connectivity index (χ2n) is 2.70. The van der Waals surface area contributed by atoms with Crippen molar-refractivity contribution in [1.82, 2.24) is 4.98 Å². The summed E-state index contributed by atoms with van der Waals surface area (Å²) in [5, 5.41) is 0. The van der Waals surface area contributed by atoms with E-state index in [1.807, 2.05) is 0 Å². The van der Waals surface area contributed by atoms with Crippen molar-refractivity contribution in [1.29, 1.82) is 0 Å². The summed E-state index contributed by atoms with van der Waals surface area (Å²) in [4.78, 5) is 2.92. The molecule has 0 aliphatic carbocycles.